The van der Waals surface area contributed by atoms with Crippen molar-refractivity contribution in [3.8, 4) is 5.75 Å². The van der Waals surface area contributed by atoms with Crippen LogP contribution in [-0.2, 0) is 56.0 Å². The molecule has 0 radical (unpaired) electrons. The summed E-state index contributed by atoms with van der Waals surface area (Å²) < 4.78 is 0. The predicted molar refractivity (Wildman–Crippen MR) is 257 cm³/mol. The van der Waals surface area contributed by atoms with Crippen LogP contribution in [0.4, 0.5) is 0 Å². The molecular weight excluding hydrogens is 891 g/mol. The number of rotatable bonds is 28. The predicted octanol–water partition coefficient (Wildman–Crippen LogP) is 0.831. The number of nitrogens with two attached hydrogens (primary N) is 1. The van der Waals surface area contributed by atoms with Crippen LogP contribution in [0.2, 0.25) is 0 Å². The number of phenolic OH excluding ortho intramolecular Hbond substituents is 1. The van der Waals surface area contributed by atoms with E-state index in [0.29, 0.717) is 30.5 Å². The number of nitrogens with one attached hydrogen (secondary N) is 8. The molecule has 1 aliphatic rings. The summed E-state index contributed by atoms with van der Waals surface area (Å²) in [6.07, 6.45) is 1.52. The topological polar surface area (TPSA) is 316 Å². The molecular formula is C49H73N9O11. The molecule has 1 heterocycles. The first-order valence-corrected chi connectivity index (χ1v) is 23.8. The van der Waals surface area contributed by atoms with Crippen LogP contribution in [0, 0.1) is 17.8 Å². The van der Waals surface area contributed by atoms with Gasteiger partial charge in [-0.15, -0.1) is 0 Å². The summed E-state index contributed by atoms with van der Waals surface area (Å²) in [6, 6.07) is 5.39. The molecule has 69 heavy (non-hydrogen) atoms. The van der Waals surface area contributed by atoms with Crippen LogP contribution in [-0.4, -0.2) is 118 Å². The van der Waals surface area contributed by atoms with Crippen molar-refractivity contribution in [3.63, 3.8) is 0 Å². The van der Waals surface area contributed by atoms with Gasteiger partial charge in [-0.1, -0.05) is 90.4 Å². The lowest BCUT2D eigenvalue weighted by atomic mass is 9.97. The first-order chi connectivity index (χ1) is 32.6. The van der Waals surface area contributed by atoms with Crippen molar-refractivity contribution in [2.75, 3.05) is 6.54 Å². The first kappa shape index (κ1) is 56.8. The Bertz CT molecular complexity index is 2060. The summed E-state index contributed by atoms with van der Waals surface area (Å²) in [5.41, 5.74) is 6.59. The largest absolute Gasteiger partial charge is 0.508 e. The molecule has 12 N–H and O–H groups in total. The third-order valence-corrected chi connectivity index (χ3v) is 11.8. The number of carboxylic acid groups (broad SMARTS) is 1. The van der Waals surface area contributed by atoms with Crippen molar-refractivity contribution in [1.82, 2.24) is 42.5 Å². The molecule has 20 heteroatoms. The van der Waals surface area contributed by atoms with Crippen molar-refractivity contribution in [2.45, 2.75) is 155 Å². The summed E-state index contributed by atoms with van der Waals surface area (Å²) in [4.78, 5) is 120. The highest BCUT2D eigenvalue weighted by Gasteiger charge is 2.36. The highest BCUT2D eigenvalue weighted by molar-refractivity contribution is 5.98. The molecule has 2 aromatic rings. The van der Waals surface area contributed by atoms with Gasteiger partial charge in [-0.25, -0.2) is 4.79 Å². The second-order valence-electron chi connectivity index (χ2n) is 18.7. The van der Waals surface area contributed by atoms with Gasteiger partial charge in [-0.3, -0.25) is 38.4 Å². The molecule has 3 rings (SSSR count). The summed E-state index contributed by atoms with van der Waals surface area (Å²) in [6.45, 7) is 13.0. The first-order valence-electron chi connectivity index (χ1n) is 23.8. The van der Waals surface area contributed by atoms with Crippen LogP contribution >= 0.6 is 0 Å². The zero-order chi connectivity index (χ0) is 51.4. The minimum absolute atomic E-state index is 0.0101. The zero-order valence-corrected chi connectivity index (χ0v) is 40.8. The lowest BCUT2D eigenvalue weighted by Gasteiger charge is -2.28. The summed E-state index contributed by atoms with van der Waals surface area (Å²) in [5, 5.41) is 41.4. The van der Waals surface area contributed by atoms with Crippen molar-refractivity contribution >= 4 is 53.2 Å². The maximum absolute atomic E-state index is 14.2. The molecule has 1 aliphatic heterocycles. The van der Waals surface area contributed by atoms with Crippen molar-refractivity contribution < 1.29 is 53.4 Å². The van der Waals surface area contributed by atoms with Gasteiger partial charge in [-0.05, 0) is 86.6 Å². The van der Waals surface area contributed by atoms with Crippen molar-refractivity contribution in [1.29, 1.82) is 0 Å². The normalized spacial score (nSPS) is 16.9. The van der Waals surface area contributed by atoms with Gasteiger partial charge in [0.05, 0.1) is 6.04 Å². The Morgan fingerprint density at radius 2 is 1.12 bits per heavy atom. The number of benzene rings is 2. The van der Waals surface area contributed by atoms with Crippen LogP contribution in [0.15, 0.2) is 54.6 Å². The number of carboxylic acids is 1. The average Bonchev–Trinajstić information content (AvgIpc) is 3.84. The van der Waals surface area contributed by atoms with Crippen LogP contribution in [0.25, 0.3) is 0 Å². The quantitative estimate of drug-likeness (QED) is 0.0566. The highest BCUT2D eigenvalue weighted by Crippen LogP contribution is 2.15. The second-order valence-corrected chi connectivity index (χ2v) is 18.7. The fourth-order valence-electron chi connectivity index (χ4n) is 7.71. The van der Waals surface area contributed by atoms with Gasteiger partial charge in [0.2, 0.25) is 47.3 Å². The third-order valence-electron chi connectivity index (χ3n) is 11.8. The molecule has 0 unspecified atom stereocenters. The van der Waals surface area contributed by atoms with E-state index in [9.17, 15) is 53.4 Å². The summed E-state index contributed by atoms with van der Waals surface area (Å²) in [5.74, 6) is -7.54. The van der Waals surface area contributed by atoms with Gasteiger partial charge < -0.3 is 58.5 Å². The SMILES string of the molecule is CC[C@H](C)[C@H](NC(=O)[C@@H]1CCCN1)C(=O)N[C@@H](CCC(N)=O)C(=O)N[C@@H](C)C(=O)N[C@@H](Cc1ccccc1)C(=O)N[C@@H](CC(C)C)C(=O)N[C@@H](CC(C)C)C(=O)N[C@@H](Cc1ccc(O)cc1)C(=O)O. The standard InChI is InChI=1S/C49H73N9O11/c1-8-29(6)41(58-43(62)34-15-12-22-51-34)48(67)53-35(20-21-40(50)60)44(63)52-30(7)42(61)54-38(25-31-13-10-9-11-14-31)47(66)56-36(23-27(2)3)45(64)55-37(24-28(4)5)46(65)57-39(49(68)69)26-32-16-18-33(59)19-17-32/h9-11,13-14,16-19,27-30,34-39,41,51,59H,8,12,15,20-26H2,1-7H3,(H2,50,60)(H,52,63)(H,53,67)(H,54,61)(H,55,64)(H,56,66)(H,57,65)(H,58,62)(H,68,69)/t29-,30-,34-,35-,36-,37-,38-,39-,41-/m0/s1. The van der Waals surface area contributed by atoms with Crippen LogP contribution in [0.5, 0.6) is 5.75 Å². The number of aliphatic carboxylic acids is 1. The maximum atomic E-state index is 14.2. The molecule has 8 amide bonds. The van der Waals surface area contributed by atoms with E-state index in [4.69, 9.17) is 5.73 Å². The van der Waals surface area contributed by atoms with E-state index in [1.54, 1.807) is 37.3 Å². The van der Waals surface area contributed by atoms with Gasteiger partial charge in [0, 0.05) is 19.3 Å². The number of amides is 8. The smallest absolute Gasteiger partial charge is 0.326 e. The van der Waals surface area contributed by atoms with Crippen molar-refractivity contribution in [3.05, 3.63) is 65.7 Å². The number of carbonyl (C=O) groups is 9. The van der Waals surface area contributed by atoms with E-state index < -0.39 is 95.7 Å². The fourth-order valence-corrected chi connectivity index (χ4v) is 7.71. The van der Waals surface area contributed by atoms with Gasteiger partial charge in [-0.2, -0.15) is 0 Å². The second kappa shape index (κ2) is 28.0. The van der Waals surface area contributed by atoms with Crippen LogP contribution < -0.4 is 48.3 Å². The molecule has 0 aliphatic carbocycles. The van der Waals surface area contributed by atoms with E-state index in [0.717, 1.165) is 6.42 Å². The Labute approximate surface area is 404 Å². The number of primary amides is 1. The molecule has 1 fully saturated rings. The molecule has 0 spiro atoms. The number of aromatic hydroxyl groups is 1. The molecule has 2 aromatic carbocycles. The molecule has 0 saturated carbocycles. The lowest BCUT2D eigenvalue weighted by molar-refractivity contribution is -0.142. The number of carbonyl (C=O) groups excluding carboxylic acids is 8. The van der Waals surface area contributed by atoms with Crippen LogP contribution in [0.1, 0.15) is 105 Å². The fraction of sp³-hybridized carbons (Fsp3) is 0.571. The number of hydrogen-bond donors (Lipinski definition) is 11. The summed E-state index contributed by atoms with van der Waals surface area (Å²) >= 11 is 0. The minimum atomic E-state index is -1.37. The third kappa shape index (κ3) is 19.5. The van der Waals surface area contributed by atoms with E-state index >= 15 is 0 Å². The number of hydrogen-bond acceptors (Lipinski definition) is 11. The Morgan fingerprint density at radius 3 is 1.62 bits per heavy atom. The summed E-state index contributed by atoms with van der Waals surface area (Å²) in [7, 11) is 0. The van der Waals surface area contributed by atoms with Gasteiger partial charge >= 0.3 is 5.97 Å². The molecule has 20 nitrogen and oxygen atoms in total. The van der Waals surface area contributed by atoms with E-state index in [1.165, 1.54) is 31.2 Å². The zero-order valence-electron chi connectivity index (χ0n) is 40.8. The van der Waals surface area contributed by atoms with Gasteiger partial charge in [0.15, 0.2) is 0 Å². The Hall–Kier alpha value is -6.57. The molecule has 9 atom stereocenters. The maximum Gasteiger partial charge on any atom is 0.326 e. The van der Waals surface area contributed by atoms with E-state index in [-0.39, 0.29) is 67.9 Å². The lowest BCUT2D eigenvalue weighted by Crippen LogP contribution is -2.60. The van der Waals surface area contributed by atoms with E-state index in [1.807, 2.05) is 34.6 Å². The Balaban J connectivity index is 1.81. The van der Waals surface area contributed by atoms with Gasteiger partial charge in [0.25, 0.3) is 0 Å². The Kier molecular flexibility index (Phi) is 23.1. The van der Waals surface area contributed by atoms with Gasteiger partial charge in [0.1, 0.15) is 48.0 Å². The number of phenols is 1. The molecule has 0 bridgehead atoms. The minimum Gasteiger partial charge on any atom is -0.508 e. The molecule has 1 saturated heterocycles. The Morgan fingerprint density at radius 1 is 0.623 bits per heavy atom. The average molecular weight is 964 g/mol. The van der Waals surface area contributed by atoms with Crippen molar-refractivity contribution in [2.24, 2.45) is 23.5 Å². The highest BCUT2D eigenvalue weighted by atomic mass is 16.4. The molecule has 380 valence electrons. The monoisotopic (exact) mass is 964 g/mol. The van der Waals surface area contributed by atoms with Crippen LogP contribution in [0.3, 0.4) is 0 Å². The molecule has 0 aromatic heterocycles. The van der Waals surface area contributed by atoms with E-state index in [2.05, 4.69) is 42.5 Å².